The van der Waals surface area contributed by atoms with Gasteiger partial charge in [0.2, 0.25) is 11.8 Å². The molecule has 1 saturated heterocycles. The molecule has 1 fully saturated rings. The van der Waals surface area contributed by atoms with Gasteiger partial charge in [0, 0.05) is 23.5 Å². The number of hydrogen-bond donors (Lipinski definition) is 1. The number of rotatable bonds is 5. The van der Waals surface area contributed by atoms with E-state index in [9.17, 15) is 19.2 Å². The van der Waals surface area contributed by atoms with Gasteiger partial charge in [-0.15, -0.1) is 11.8 Å². The Bertz CT molecular complexity index is 1160. The van der Waals surface area contributed by atoms with Gasteiger partial charge in [-0.25, -0.2) is 0 Å². The first kappa shape index (κ1) is 23.8. The summed E-state index contributed by atoms with van der Waals surface area (Å²) in [6, 6.07) is 14.5. The highest BCUT2D eigenvalue weighted by Gasteiger charge is 2.46. The lowest BCUT2D eigenvalue weighted by molar-refractivity contribution is -0.158. The summed E-state index contributed by atoms with van der Waals surface area (Å²) in [6.07, 6.45) is 0.841. The number of anilines is 3. The quantitative estimate of drug-likeness (QED) is 0.519. The van der Waals surface area contributed by atoms with Gasteiger partial charge in [-0.1, -0.05) is 18.2 Å². The Labute approximate surface area is 202 Å². The number of amides is 3. The van der Waals surface area contributed by atoms with E-state index in [-0.39, 0.29) is 24.8 Å². The molecule has 2 aromatic rings. The molecule has 178 valence electrons. The van der Waals surface area contributed by atoms with Gasteiger partial charge in [0.1, 0.15) is 5.54 Å². The summed E-state index contributed by atoms with van der Waals surface area (Å²) in [5.74, 6) is -2.28. The maximum Gasteiger partial charge on any atom is 0.312 e. The van der Waals surface area contributed by atoms with Crippen molar-refractivity contribution in [3.63, 3.8) is 0 Å². The standard InChI is InChI=1S/C25H27N3O5S/c1-15(22(30)28-20-11-6-5-10-19(20)26-24(32)25(28,2)3)33-23(31)16-12-21(29)27(14-16)17-8-7-9-18(13-17)34-4/h5-11,13,15-16H,12,14H2,1-4H3,(H,26,32)/t15-,16-/m1/s1. The summed E-state index contributed by atoms with van der Waals surface area (Å²) >= 11 is 1.57. The van der Waals surface area contributed by atoms with Gasteiger partial charge >= 0.3 is 5.97 Å². The van der Waals surface area contributed by atoms with Crippen molar-refractivity contribution in [2.75, 3.05) is 27.9 Å². The van der Waals surface area contributed by atoms with Gasteiger partial charge in [-0.2, -0.15) is 0 Å². The molecule has 0 aromatic heterocycles. The van der Waals surface area contributed by atoms with E-state index in [1.54, 1.807) is 54.8 Å². The molecule has 0 bridgehead atoms. The summed E-state index contributed by atoms with van der Waals surface area (Å²) in [4.78, 5) is 55.5. The van der Waals surface area contributed by atoms with Crippen molar-refractivity contribution in [3.05, 3.63) is 48.5 Å². The Morgan fingerprint density at radius 2 is 1.88 bits per heavy atom. The average molecular weight is 482 g/mol. The first-order chi connectivity index (χ1) is 16.1. The lowest BCUT2D eigenvalue weighted by Gasteiger charge is -2.42. The highest BCUT2D eigenvalue weighted by Crippen LogP contribution is 2.37. The van der Waals surface area contributed by atoms with Crippen LogP contribution >= 0.6 is 11.8 Å². The third-order valence-electron chi connectivity index (χ3n) is 6.19. The second kappa shape index (κ2) is 9.13. The minimum absolute atomic E-state index is 0.0175. The van der Waals surface area contributed by atoms with Crippen molar-refractivity contribution in [3.8, 4) is 0 Å². The maximum absolute atomic E-state index is 13.4. The summed E-state index contributed by atoms with van der Waals surface area (Å²) in [7, 11) is 0. The van der Waals surface area contributed by atoms with Gasteiger partial charge in [-0.05, 0) is 57.4 Å². The third-order valence-corrected chi connectivity index (χ3v) is 6.92. The summed E-state index contributed by atoms with van der Waals surface area (Å²) in [6.45, 7) is 4.96. The number of carbonyl (C=O) groups is 4. The number of para-hydroxylation sites is 2. The Morgan fingerprint density at radius 3 is 2.62 bits per heavy atom. The van der Waals surface area contributed by atoms with E-state index in [0.29, 0.717) is 11.4 Å². The second-order valence-corrected chi connectivity index (χ2v) is 9.77. The molecule has 0 radical (unpaired) electrons. The number of benzene rings is 2. The molecule has 2 aliphatic heterocycles. The number of ether oxygens (including phenoxy) is 1. The molecule has 0 unspecified atom stereocenters. The molecular weight excluding hydrogens is 454 g/mol. The fraction of sp³-hybridized carbons (Fsp3) is 0.360. The molecule has 3 amide bonds. The van der Waals surface area contributed by atoms with Gasteiger partial charge in [0.05, 0.1) is 17.3 Å². The molecule has 2 aliphatic rings. The van der Waals surface area contributed by atoms with Crippen molar-refractivity contribution in [1.29, 1.82) is 0 Å². The average Bonchev–Trinajstić information content (AvgIpc) is 3.21. The first-order valence-electron chi connectivity index (χ1n) is 11.0. The van der Waals surface area contributed by atoms with Crippen LogP contribution in [0.5, 0.6) is 0 Å². The van der Waals surface area contributed by atoms with Crippen LogP contribution < -0.4 is 15.1 Å². The topological polar surface area (TPSA) is 96.0 Å². The Balaban J connectivity index is 1.48. The predicted molar refractivity (Wildman–Crippen MR) is 131 cm³/mol. The number of thioether (sulfide) groups is 1. The minimum Gasteiger partial charge on any atom is -0.452 e. The molecule has 8 nitrogen and oxygen atoms in total. The van der Waals surface area contributed by atoms with Crippen LogP contribution in [0, 0.1) is 5.92 Å². The zero-order valence-corrected chi connectivity index (χ0v) is 20.3. The highest BCUT2D eigenvalue weighted by atomic mass is 32.2. The van der Waals surface area contributed by atoms with E-state index in [4.69, 9.17) is 4.74 Å². The van der Waals surface area contributed by atoms with Crippen LogP contribution in [-0.4, -0.2) is 48.1 Å². The molecule has 2 atom stereocenters. The maximum atomic E-state index is 13.4. The van der Waals surface area contributed by atoms with Gasteiger partial charge in [-0.3, -0.25) is 24.1 Å². The summed E-state index contributed by atoms with van der Waals surface area (Å²) in [5, 5.41) is 2.81. The third kappa shape index (κ3) is 4.27. The van der Waals surface area contributed by atoms with Crippen LogP contribution in [0.4, 0.5) is 17.1 Å². The Morgan fingerprint density at radius 1 is 1.15 bits per heavy atom. The van der Waals surface area contributed by atoms with E-state index in [2.05, 4.69) is 5.32 Å². The minimum atomic E-state index is -1.17. The van der Waals surface area contributed by atoms with Gasteiger partial charge < -0.3 is 15.0 Å². The Kier molecular flexibility index (Phi) is 6.40. The van der Waals surface area contributed by atoms with Crippen LogP contribution in [0.25, 0.3) is 0 Å². The zero-order chi connectivity index (χ0) is 24.6. The highest BCUT2D eigenvalue weighted by molar-refractivity contribution is 7.98. The molecule has 0 aliphatic carbocycles. The lowest BCUT2D eigenvalue weighted by Crippen LogP contribution is -2.60. The van der Waals surface area contributed by atoms with E-state index in [0.717, 1.165) is 10.6 Å². The Hall–Kier alpha value is -3.33. The van der Waals surface area contributed by atoms with E-state index >= 15 is 0 Å². The normalized spacial score (nSPS) is 19.9. The van der Waals surface area contributed by atoms with Crippen LogP contribution in [-0.2, 0) is 23.9 Å². The molecule has 2 aromatic carbocycles. The number of hydrogen-bond acceptors (Lipinski definition) is 6. The van der Waals surface area contributed by atoms with Crippen molar-refractivity contribution >= 4 is 52.5 Å². The smallest absolute Gasteiger partial charge is 0.312 e. The van der Waals surface area contributed by atoms with Crippen molar-refractivity contribution in [1.82, 2.24) is 0 Å². The first-order valence-corrected chi connectivity index (χ1v) is 12.3. The van der Waals surface area contributed by atoms with Crippen LogP contribution in [0.1, 0.15) is 27.2 Å². The summed E-state index contributed by atoms with van der Waals surface area (Å²) in [5.41, 5.74) is 0.613. The predicted octanol–water partition coefficient (Wildman–Crippen LogP) is 3.46. The largest absolute Gasteiger partial charge is 0.452 e. The molecule has 9 heteroatoms. The molecular formula is C25H27N3O5S. The molecule has 1 N–H and O–H groups in total. The van der Waals surface area contributed by atoms with Gasteiger partial charge in [0.25, 0.3) is 5.91 Å². The van der Waals surface area contributed by atoms with Crippen LogP contribution in [0.15, 0.2) is 53.4 Å². The fourth-order valence-electron chi connectivity index (χ4n) is 4.24. The van der Waals surface area contributed by atoms with Crippen molar-refractivity contribution < 1.29 is 23.9 Å². The monoisotopic (exact) mass is 481 g/mol. The van der Waals surface area contributed by atoms with Crippen LogP contribution in [0.2, 0.25) is 0 Å². The van der Waals surface area contributed by atoms with Crippen molar-refractivity contribution in [2.24, 2.45) is 5.92 Å². The fourth-order valence-corrected chi connectivity index (χ4v) is 4.70. The molecule has 4 rings (SSSR count). The number of carbonyl (C=O) groups excluding carboxylic acids is 4. The number of fused-ring (bicyclic) bond motifs is 1. The van der Waals surface area contributed by atoms with E-state index < -0.39 is 29.4 Å². The molecule has 0 saturated carbocycles. The number of nitrogens with one attached hydrogen (secondary N) is 1. The van der Waals surface area contributed by atoms with Crippen LogP contribution in [0.3, 0.4) is 0 Å². The summed E-state index contributed by atoms with van der Waals surface area (Å²) < 4.78 is 5.53. The van der Waals surface area contributed by atoms with Crippen molar-refractivity contribution in [2.45, 2.75) is 43.7 Å². The van der Waals surface area contributed by atoms with E-state index in [1.807, 2.05) is 30.5 Å². The molecule has 34 heavy (non-hydrogen) atoms. The number of nitrogens with zero attached hydrogens (tertiary/aromatic N) is 2. The lowest BCUT2D eigenvalue weighted by atomic mass is 9.95. The SMILES string of the molecule is CSc1cccc(N2C[C@H](C(=O)O[C@H](C)C(=O)N3c4ccccc4NC(=O)C3(C)C)CC2=O)c1. The second-order valence-electron chi connectivity index (χ2n) is 8.89. The molecule has 2 heterocycles. The van der Waals surface area contributed by atoms with Gasteiger partial charge in [0.15, 0.2) is 6.10 Å². The zero-order valence-electron chi connectivity index (χ0n) is 19.5. The molecule has 0 spiro atoms. The van der Waals surface area contributed by atoms with E-state index in [1.165, 1.54) is 11.8 Å². The number of esters is 1.